The van der Waals surface area contributed by atoms with Gasteiger partial charge in [0.15, 0.2) is 0 Å². The highest BCUT2D eigenvalue weighted by Gasteiger charge is 1.95. The van der Waals surface area contributed by atoms with Gasteiger partial charge in [0.2, 0.25) is 0 Å². The van der Waals surface area contributed by atoms with Crippen molar-refractivity contribution in [2.45, 2.75) is 26.0 Å². The number of hydrogen-bond donors (Lipinski definition) is 2. The Balaban J connectivity index is 2.04. The van der Waals surface area contributed by atoms with E-state index in [0.717, 1.165) is 19.5 Å². The quantitative estimate of drug-likeness (QED) is 0.683. The molecule has 0 amide bonds. The molecule has 1 rings (SSSR count). The molecule has 1 heterocycles. The number of rotatable bonds is 5. The molecule has 0 aromatic carbocycles. The van der Waals surface area contributed by atoms with Crippen LogP contribution in [-0.4, -0.2) is 17.8 Å². The summed E-state index contributed by atoms with van der Waals surface area (Å²) in [4.78, 5) is 1.35. The van der Waals surface area contributed by atoms with Gasteiger partial charge in [0.25, 0.3) is 0 Å². The number of thiophene rings is 1. The van der Waals surface area contributed by atoms with Gasteiger partial charge in [-0.3, -0.25) is 0 Å². The minimum Gasteiger partial charge on any atom is -0.393 e. The van der Waals surface area contributed by atoms with E-state index in [2.05, 4.69) is 22.8 Å². The van der Waals surface area contributed by atoms with Gasteiger partial charge in [-0.15, -0.1) is 11.3 Å². The highest BCUT2D eigenvalue weighted by molar-refractivity contribution is 7.09. The van der Waals surface area contributed by atoms with E-state index < -0.39 is 0 Å². The molecule has 0 fully saturated rings. The molecule has 0 saturated heterocycles. The molecule has 0 aliphatic carbocycles. The smallest absolute Gasteiger partial charge is 0.0524 e. The first-order valence-electron chi connectivity index (χ1n) is 4.20. The third-order valence-electron chi connectivity index (χ3n) is 1.62. The van der Waals surface area contributed by atoms with Gasteiger partial charge in [0, 0.05) is 11.4 Å². The molecular weight excluding hydrogens is 170 g/mol. The van der Waals surface area contributed by atoms with E-state index in [1.807, 2.05) is 6.92 Å². The van der Waals surface area contributed by atoms with Crippen molar-refractivity contribution in [3.63, 3.8) is 0 Å². The summed E-state index contributed by atoms with van der Waals surface area (Å²) in [5, 5.41) is 14.3. The second-order valence-corrected chi connectivity index (χ2v) is 3.93. The van der Waals surface area contributed by atoms with Gasteiger partial charge in [-0.05, 0) is 31.3 Å². The van der Waals surface area contributed by atoms with Crippen molar-refractivity contribution in [2.75, 3.05) is 6.54 Å². The number of aliphatic hydroxyl groups is 1. The molecule has 68 valence electrons. The Kier molecular flexibility index (Phi) is 4.29. The fourth-order valence-electron chi connectivity index (χ4n) is 0.936. The molecular formula is C9H15NOS. The van der Waals surface area contributed by atoms with Crippen LogP contribution in [0.25, 0.3) is 0 Å². The van der Waals surface area contributed by atoms with Crippen LogP contribution in [0.15, 0.2) is 17.5 Å². The molecule has 0 saturated carbocycles. The zero-order chi connectivity index (χ0) is 8.81. The van der Waals surface area contributed by atoms with E-state index >= 15 is 0 Å². The zero-order valence-corrected chi connectivity index (χ0v) is 8.10. The summed E-state index contributed by atoms with van der Waals surface area (Å²) in [6.45, 7) is 3.62. The van der Waals surface area contributed by atoms with Crippen LogP contribution in [-0.2, 0) is 6.54 Å². The predicted molar refractivity (Wildman–Crippen MR) is 52.3 cm³/mol. The van der Waals surface area contributed by atoms with E-state index in [-0.39, 0.29) is 6.10 Å². The fraction of sp³-hybridized carbons (Fsp3) is 0.556. The van der Waals surface area contributed by atoms with Crippen LogP contribution in [0.3, 0.4) is 0 Å². The summed E-state index contributed by atoms with van der Waals surface area (Å²) < 4.78 is 0. The Labute approximate surface area is 77.2 Å². The molecule has 12 heavy (non-hydrogen) atoms. The Hall–Kier alpha value is -0.380. The second kappa shape index (κ2) is 5.30. The van der Waals surface area contributed by atoms with Crippen LogP contribution in [0.1, 0.15) is 18.2 Å². The highest BCUT2D eigenvalue weighted by Crippen LogP contribution is 2.07. The van der Waals surface area contributed by atoms with Gasteiger partial charge in [-0.1, -0.05) is 6.07 Å². The largest absolute Gasteiger partial charge is 0.393 e. The molecule has 0 bridgehead atoms. The lowest BCUT2D eigenvalue weighted by Crippen LogP contribution is -2.17. The van der Waals surface area contributed by atoms with Crippen molar-refractivity contribution in [1.82, 2.24) is 5.32 Å². The molecule has 1 aromatic rings. The van der Waals surface area contributed by atoms with Crippen LogP contribution in [0.2, 0.25) is 0 Å². The van der Waals surface area contributed by atoms with Crippen molar-refractivity contribution < 1.29 is 5.11 Å². The Morgan fingerprint density at radius 3 is 3.08 bits per heavy atom. The highest BCUT2D eigenvalue weighted by atomic mass is 32.1. The van der Waals surface area contributed by atoms with Gasteiger partial charge in [-0.2, -0.15) is 0 Å². The molecule has 0 spiro atoms. The lowest BCUT2D eigenvalue weighted by Gasteiger charge is -2.04. The molecule has 0 aliphatic rings. The average Bonchev–Trinajstić information content (AvgIpc) is 2.49. The van der Waals surface area contributed by atoms with Crippen LogP contribution < -0.4 is 5.32 Å². The Morgan fingerprint density at radius 1 is 1.67 bits per heavy atom. The maximum absolute atomic E-state index is 8.97. The van der Waals surface area contributed by atoms with E-state index in [1.54, 1.807) is 11.3 Å². The summed E-state index contributed by atoms with van der Waals surface area (Å²) in [7, 11) is 0. The first-order valence-corrected chi connectivity index (χ1v) is 5.08. The van der Waals surface area contributed by atoms with E-state index in [0.29, 0.717) is 0 Å². The third kappa shape index (κ3) is 3.85. The van der Waals surface area contributed by atoms with Crippen LogP contribution in [0.4, 0.5) is 0 Å². The maximum atomic E-state index is 8.97. The summed E-state index contributed by atoms with van der Waals surface area (Å²) in [5.74, 6) is 0. The summed E-state index contributed by atoms with van der Waals surface area (Å²) in [6, 6.07) is 4.16. The second-order valence-electron chi connectivity index (χ2n) is 2.89. The average molecular weight is 185 g/mol. The minimum absolute atomic E-state index is 0.194. The summed E-state index contributed by atoms with van der Waals surface area (Å²) in [6.07, 6.45) is 0.631. The topological polar surface area (TPSA) is 32.3 Å². The predicted octanol–water partition coefficient (Wildman–Crippen LogP) is 1.61. The zero-order valence-electron chi connectivity index (χ0n) is 7.29. The molecule has 2 N–H and O–H groups in total. The maximum Gasteiger partial charge on any atom is 0.0524 e. The molecule has 0 aliphatic heterocycles. The van der Waals surface area contributed by atoms with Crippen molar-refractivity contribution in [3.05, 3.63) is 22.4 Å². The number of aliphatic hydroxyl groups excluding tert-OH is 1. The molecule has 1 aromatic heterocycles. The van der Waals surface area contributed by atoms with Crippen LogP contribution in [0, 0.1) is 0 Å². The van der Waals surface area contributed by atoms with Gasteiger partial charge in [0.05, 0.1) is 6.10 Å². The molecule has 2 nitrogen and oxygen atoms in total. The standard InChI is InChI=1S/C9H15NOS/c1-8(11)4-5-10-7-9-3-2-6-12-9/h2-3,6,8,10-11H,4-5,7H2,1H3. The molecule has 3 heteroatoms. The van der Waals surface area contributed by atoms with Gasteiger partial charge in [0.1, 0.15) is 0 Å². The van der Waals surface area contributed by atoms with Gasteiger partial charge in [-0.25, -0.2) is 0 Å². The van der Waals surface area contributed by atoms with Crippen molar-refractivity contribution >= 4 is 11.3 Å². The lowest BCUT2D eigenvalue weighted by atomic mass is 10.3. The Bertz CT molecular complexity index is 196. The monoisotopic (exact) mass is 185 g/mol. The van der Waals surface area contributed by atoms with Gasteiger partial charge >= 0.3 is 0 Å². The van der Waals surface area contributed by atoms with Crippen molar-refractivity contribution in [1.29, 1.82) is 0 Å². The SMILES string of the molecule is CC(O)CCNCc1cccs1. The first-order chi connectivity index (χ1) is 5.79. The third-order valence-corrected chi connectivity index (χ3v) is 2.49. The summed E-state index contributed by atoms with van der Waals surface area (Å²) >= 11 is 1.76. The minimum atomic E-state index is -0.194. The van der Waals surface area contributed by atoms with E-state index in [1.165, 1.54) is 4.88 Å². The molecule has 1 unspecified atom stereocenters. The van der Waals surface area contributed by atoms with Crippen LogP contribution in [0.5, 0.6) is 0 Å². The van der Waals surface area contributed by atoms with Crippen LogP contribution >= 0.6 is 11.3 Å². The molecule has 1 atom stereocenters. The van der Waals surface area contributed by atoms with E-state index in [4.69, 9.17) is 5.11 Å². The lowest BCUT2D eigenvalue weighted by molar-refractivity contribution is 0.183. The first kappa shape index (κ1) is 9.71. The van der Waals surface area contributed by atoms with Crippen molar-refractivity contribution in [3.8, 4) is 0 Å². The van der Waals surface area contributed by atoms with Gasteiger partial charge < -0.3 is 10.4 Å². The Morgan fingerprint density at radius 2 is 2.50 bits per heavy atom. The number of hydrogen-bond acceptors (Lipinski definition) is 3. The number of nitrogens with one attached hydrogen (secondary N) is 1. The normalized spacial score (nSPS) is 13.2. The van der Waals surface area contributed by atoms with Crippen molar-refractivity contribution in [2.24, 2.45) is 0 Å². The summed E-state index contributed by atoms with van der Waals surface area (Å²) in [5.41, 5.74) is 0. The molecule has 0 radical (unpaired) electrons. The van der Waals surface area contributed by atoms with E-state index in [9.17, 15) is 0 Å². The fourth-order valence-corrected chi connectivity index (χ4v) is 1.61.